The van der Waals surface area contributed by atoms with E-state index < -0.39 is 0 Å². The normalized spacial score (nSPS) is 17.0. The lowest BCUT2D eigenvalue weighted by atomic mass is 10.2. The Balaban J connectivity index is 1.45. The third-order valence-corrected chi connectivity index (χ3v) is 5.25. The number of amides is 1. The molecule has 28 heavy (non-hydrogen) atoms. The van der Waals surface area contributed by atoms with Gasteiger partial charge in [-0.05, 0) is 37.1 Å². The Kier molecular flexibility index (Phi) is 6.95. The lowest BCUT2D eigenvalue weighted by Crippen LogP contribution is -2.52. The highest BCUT2D eigenvalue weighted by molar-refractivity contribution is 5.94. The second kappa shape index (κ2) is 9.62. The third-order valence-electron chi connectivity index (χ3n) is 5.25. The third kappa shape index (κ3) is 5.50. The number of carbonyl (C=O) groups is 1. The van der Waals surface area contributed by atoms with Gasteiger partial charge >= 0.3 is 0 Å². The van der Waals surface area contributed by atoms with Crippen molar-refractivity contribution in [3.8, 4) is 0 Å². The summed E-state index contributed by atoms with van der Waals surface area (Å²) < 4.78 is 13.7. The van der Waals surface area contributed by atoms with Crippen LogP contribution in [0.4, 0.5) is 10.1 Å². The molecule has 1 aliphatic heterocycles. The van der Waals surface area contributed by atoms with Gasteiger partial charge in [0.1, 0.15) is 5.82 Å². The minimum absolute atomic E-state index is 0.0966. The van der Waals surface area contributed by atoms with Crippen LogP contribution >= 0.6 is 0 Å². The van der Waals surface area contributed by atoms with Crippen molar-refractivity contribution in [1.82, 2.24) is 9.80 Å². The molecule has 1 atom stereocenters. The molecule has 1 unspecified atom stereocenters. The van der Waals surface area contributed by atoms with Gasteiger partial charge in [0, 0.05) is 38.4 Å². The zero-order valence-electron chi connectivity index (χ0n) is 16.6. The van der Waals surface area contributed by atoms with Crippen molar-refractivity contribution in [3.63, 3.8) is 0 Å². The fourth-order valence-electron chi connectivity index (χ4n) is 3.32. The van der Waals surface area contributed by atoms with Crippen LogP contribution in [0.25, 0.3) is 6.08 Å². The smallest absolute Gasteiger partial charge is 0.241 e. The molecule has 2 aromatic carbocycles. The van der Waals surface area contributed by atoms with Crippen molar-refractivity contribution >= 4 is 17.7 Å². The number of hydrogen-bond acceptors (Lipinski definition) is 3. The van der Waals surface area contributed by atoms with Crippen LogP contribution in [-0.2, 0) is 4.79 Å². The minimum atomic E-state index is -0.303. The van der Waals surface area contributed by atoms with Gasteiger partial charge in [-0.15, -0.1) is 0 Å². The van der Waals surface area contributed by atoms with Gasteiger partial charge in [0.05, 0.1) is 6.04 Å². The van der Waals surface area contributed by atoms with E-state index in [9.17, 15) is 9.18 Å². The summed E-state index contributed by atoms with van der Waals surface area (Å²) in [6.45, 7) is 8.06. The molecule has 0 spiro atoms. The number of piperazine rings is 1. The molecule has 1 heterocycles. The molecular weight excluding hydrogens is 353 g/mol. The van der Waals surface area contributed by atoms with Crippen LogP contribution in [-0.4, -0.2) is 54.5 Å². The lowest BCUT2D eigenvalue weighted by molar-refractivity contribution is -0.121. The first-order valence-electron chi connectivity index (χ1n) is 9.78. The number of anilines is 1. The van der Waals surface area contributed by atoms with Crippen LogP contribution in [0, 0.1) is 12.7 Å². The van der Waals surface area contributed by atoms with Gasteiger partial charge in [-0.2, -0.15) is 0 Å². The standard InChI is InChI=1S/C23H28FN3O/c1-18-10-11-21(17-22(18)24)25-23(28)19(2)27-15-13-26(14-16-27)12-6-9-20-7-4-3-5-8-20/h3-11,17,19H,12-16H2,1-2H3,(H,25,28)/b9-6+. The van der Waals surface area contributed by atoms with E-state index in [2.05, 4.69) is 39.4 Å². The fourth-order valence-corrected chi connectivity index (χ4v) is 3.32. The van der Waals surface area contributed by atoms with E-state index in [-0.39, 0.29) is 17.8 Å². The highest BCUT2D eigenvalue weighted by Gasteiger charge is 2.25. The molecule has 0 bridgehead atoms. The van der Waals surface area contributed by atoms with Gasteiger partial charge in [0.25, 0.3) is 0 Å². The Morgan fingerprint density at radius 1 is 1.14 bits per heavy atom. The number of hydrogen-bond donors (Lipinski definition) is 1. The highest BCUT2D eigenvalue weighted by atomic mass is 19.1. The monoisotopic (exact) mass is 381 g/mol. The summed E-state index contributed by atoms with van der Waals surface area (Å²) in [5.41, 5.74) is 2.28. The SMILES string of the molecule is Cc1ccc(NC(=O)C(C)N2CCN(C/C=C/c3ccccc3)CC2)cc1F. The maximum absolute atomic E-state index is 13.7. The first-order valence-corrected chi connectivity index (χ1v) is 9.78. The summed E-state index contributed by atoms with van der Waals surface area (Å²) in [5, 5.41) is 2.83. The van der Waals surface area contributed by atoms with Crippen molar-refractivity contribution in [2.24, 2.45) is 0 Å². The average molecular weight is 381 g/mol. The Bertz CT molecular complexity index is 814. The molecule has 0 radical (unpaired) electrons. The Morgan fingerprint density at radius 3 is 2.54 bits per heavy atom. The molecule has 5 heteroatoms. The molecule has 3 rings (SSSR count). The topological polar surface area (TPSA) is 35.6 Å². The van der Waals surface area contributed by atoms with Gasteiger partial charge in [-0.3, -0.25) is 14.6 Å². The van der Waals surface area contributed by atoms with Crippen molar-refractivity contribution in [1.29, 1.82) is 0 Å². The quantitative estimate of drug-likeness (QED) is 0.827. The summed E-state index contributed by atoms with van der Waals surface area (Å²) in [5.74, 6) is -0.400. The summed E-state index contributed by atoms with van der Waals surface area (Å²) in [6, 6.07) is 14.8. The number of aryl methyl sites for hydroxylation is 1. The van der Waals surface area contributed by atoms with E-state index in [0.717, 1.165) is 32.7 Å². The molecule has 1 N–H and O–H groups in total. The molecule has 1 amide bonds. The van der Waals surface area contributed by atoms with Crippen molar-refractivity contribution in [2.75, 3.05) is 38.0 Å². The van der Waals surface area contributed by atoms with Crippen molar-refractivity contribution in [2.45, 2.75) is 19.9 Å². The number of benzene rings is 2. The summed E-state index contributed by atoms with van der Waals surface area (Å²) in [7, 11) is 0. The number of carbonyl (C=O) groups excluding carboxylic acids is 1. The zero-order valence-corrected chi connectivity index (χ0v) is 16.6. The highest BCUT2D eigenvalue weighted by Crippen LogP contribution is 2.15. The summed E-state index contributed by atoms with van der Waals surface area (Å²) >= 11 is 0. The summed E-state index contributed by atoms with van der Waals surface area (Å²) in [4.78, 5) is 17.1. The van der Waals surface area contributed by atoms with Gasteiger partial charge in [0.15, 0.2) is 0 Å². The number of nitrogens with one attached hydrogen (secondary N) is 1. The van der Waals surface area contributed by atoms with E-state index in [0.29, 0.717) is 11.3 Å². The fraction of sp³-hybridized carbons (Fsp3) is 0.348. The van der Waals surface area contributed by atoms with Gasteiger partial charge < -0.3 is 5.32 Å². The van der Waals surface area contributed by atoms with Crippen LogP contribution in [0.5, 0.6) is 0 Å². The minimum Gasteiger partial charge on any atom is -0.325 e. The molecule has 1 aliphatic rings. The van der Waals surface area contributed by atoms with Crippen LogP contribution in [0.3, 0.4) is 0 Å². The number of halogens is 1. The van der Waals surface area contributed by atoms with E-state index in [1.807, 2.05) is 25.1 Å². The van der Waals surface area contributed by atoms with Crippen molar-refractivity contribution < 1.29 is 9.18 Å². The Labute approximate surface area is 166 Å². The molecule has 0 aromatic heterocycles. The van der Waals surface area contributed by atoms with E-state index in [1.165, 1.54) is 11.6 Å². The summed E-state index contributed by atoms with van der Waals surface area (Å²) in [6.07, 6.45) is 4.33. The van der Waals surface area contributed by atoms with Gasteiger partial charge in [-0.25, -0.2) is 4.39 Å². The average Bonchev–Trinajstić information content (AvgIpc) is 2.71. The van der Waals surface area contributed by atoms with Crippen LogP contribution in [0.1, 0.15) is 18.1 Å². The number of nitrogens with zero attached hydrogens (tertiary/aromatic N) is 2. The molecule has 148 valence electrons. The second-order valence-corrected chi connectivity index (χ2v) is 7.28. The first-order chi connectivity index (χ1) is 13.5. The second-order valence-electron chi connectivity index (χ2n) is 7.28. The van der Waals surface area contributed by atoms with Gasteiger partial charge in [-0.1, -0.05) is 48.6 Å². The largest absolute Gasteiger partial charge is 0.325 e. The van der Waals surface area contributed by atoms with E-state index >= 15 is 0 Å². The zero-order chi connectivity index (χ0) is 19.9. The van der Waals surface area contributed by atoms with E-state index in [1.54, 1.807) is 19.1 Å². The predicted octanol–water partition coefficient (Wildman–Crippen LogP) is 3.79. The molecular formula is C23H28FN3O. The molecule has 0 saturated carbocycles. The lowest BCUT2D eigenvalue weighted by Gasteiger charge is -2.37. The van der Waals surface area contributed by atoms with Crippen LogP contribution < -0.4 is 5.32 Å². The van der Waals surface area contributed by atoms with Gasteiger partial charge in [0.2, 0.25) is 5.91 Å². The first kappa shape index (κ1) is 20.2. The molecule has 0 aliphatic carbocycles. The maximum atomic E-state index is 13.7. The Morgan fingerprint density at radius 2 is 1.86 bits per heavy atom. The van der Waals surface area contributed by atoms with E-state index in [4.69, 9.17) is 0 Å². The van der Waals surface area contributed by atoms with Crippen molar-refractivity contribution in [3.05, 3.63) is 71.6 Å². The molecule has 2 aromatic rings. The van der Waals surface area contributed by atoms with Crippen LogP contribution in [0.2, 0.25) is 0 Å². The predicted molar refractivity (Wildman–Crippen MR) is 113 cm³/mol. The Hall–Kier alpha value is -2.50. The number of rotatable bonds is 6. The molecule has 1 fully saturated rings. The van der Waals surface area contributed by atoms with Crippen LogP contribution in [0.15, 0.2) is 54.6 Å². The maximum Gasteiger partial charge on any atom is 0.241 e. The molecule has 4 nitrogen and oxygen atoms in total. The molecule has 1 saturated heterocycles.